The normalized spacial score (nSPS) is 18.4. The number of benzene rings is 1. The fourth-order valence-corrected chi connectivity index (χ4v) is 2.77. The van der Waals surface area contributed by atoms with Crippen LogP contribution in [-0.2, 0) is 4.74 Å². The Morgan fingerprint density at radius 3 is 2.95 bits per heavy atom. The molecule has 0 unspecified atom stereocenters. The summed E-state index contributed by atoms with van der Waals surface area (Å²) in [5.41, 5.74) is 1.62. The maximum Gasteiger partial charge on any atom is 0.319 e. The molecule has 1 heterocycles. The van der Waals surface area contributed by atoms with Gasteiger partial charge in [-0.1, -0.05) is 15.9 Å². The van der Waals surface area contributed by atoms with E-state index in [1.54, 1.807) is 7.11 Å². The SMILES string of the molecule is COc1cc(Br)cc(C)c1NC(=O)N[C@@H]1CCCOC1. The van der Waals surface area contributed by atoms with Gasteiger partial charge in [-0.2, -0.15) is 0 Å². The van der Waals surface area contributed by atoms with Crippen LogP contribution in [0.2, 0.25) is 0 Å². The molecule has 2 N–H and O–H groups in total. The molecule has 0 spiro atoms. The molecular formula is C14H19BrN2O3. The van der Waals surface area contributed by atoms with E-state index in [9.17, 15) is 4.79 Å². The van der Waals surface area contributed by atoms with E-state index in [0.717, 1.165) is 29.5 Å². The Morgan fingerprint density at radius 2 is 2.30 bits per heavy atom. The molecule has 1 aliphatic heterocycles. The highest BCUT2D eigenvalue weighted by Crippen LogP contribution is 2.32. The number of anilines is 1. The van der Waals surface area contributed by atoms with E-state index < -0.39 is 0 Å². The summed E-state index contributed by atoms with van der Waals surface area (Å²) in [6.45, 7) is 3.27. The van der Waals surface area contributed by atoms with Gasteiger partial charge in [0.2, 0.25) is 0 Å². The van der Waals surface area contributed by atoms with Crippen molar-refractivity contribution in [3.63, 3.8) is 0 Å². The third-order valence-electron chi connectivity index (χ3n) is 3.22. The van der Waals surface area contributed by atoms with Crippen molar-refractivity contribution >= 4 is 27.6 Å². The van der Waals surface area contributed by atoms with Crippen LogP contribution in [0.4, 0.5) is 10.5 Å². The first-order chi connectivity index (χ1) is 9.60. The number of carbonyl (C=O) groups excluding carboxylic acids is 1. The second kappa shape index (κ2) is 6.95. The van der Waals surface area contributed by atoms with Gasteiger partial charge in [0.05, 0.1) is 25.4 Å². The number of carbonyl (C=O) groups is 1. The van der Waals surface area contributed by atoms with Crippen LogP contribution < -0.4 is 15.4 Å². The summed E-state index contributed by atoms with van der Waals surface area (Å²) in [5.74, 6) is 0.631. The number of ether oxygens (including phenoxy) is 2. The average molecular weight is 343 g/mol. The van der Waals surface area contributed by atoms with Crippen molar-refractivity contribution in [2.75, 3.05) is 25.6 Å². The van der Waals surface area contributed by atoms with Gasteiger partial charge in [-0.05, 0) is 37.5 Å². The zero-order chi connectivity index (χ0) is 14.5. The van der Waals surface area contributed by atoms with Crippen LogP contribution in [0.15, 0.2) is 16.6 Å². The number of halogens is 1. The van der Waals surface area contributed by atoms with Crippen molar-refractivity contribution in [1.82, 2.24) is 5.32 Å². The average Bonchev–Trinajstić information content (AvgIpc) is 2.42. The van der Waals surface area contributed by atoms with Gasteiger partial charge in [-0.3, -0.25) is 0 Å². The molecule has 1 atom stereocenters. The molecule has 0 aliphatic carbocycles. The highest BCUT2D eigenvalue weighted by Gasteiger charge is 2.17. The molecule has 1 aromatic carbocycles. The summed E-state index contributed by atoms with van der Waals surface area (Å²) in [6, 6.07) is 3.60. The molecule has 5 nitrogen and oxygen atoms in total. The Morgan fingerprint density at radius 1 is 1.50 bits per heavy atom. The fourth-order valence-electron chi connectivity index (χ4n) is 2.22. The van der Waals surface area contributed by atoms with Crippen molar-refractivity contribution in [3.05, 3.63) is 22.2 Å². The molecular weight excluding hydrogens is 324 g/mol. The fraction of sp³-hybridized carbons (Fsp3) is 0.500. The summed E-state index contributed by atoms with van der Waals surface area (Å²) in [6.07, 6.45) is 1.93. The van der Waals surface area contributed by atoms with Crippen molar-refractivity contribution in [2.24, 2.45) is 0 Å². The van der Waals surface area contributed by atoms with Gasteiger partial charge in [0.25, 0.3) is 0 Å². The molecule has 0 bridgehead atoms. The minimum atomic E-state index is -0.232. The van der Waals surface area contributed by atoms with Crippen LogP contribution in [0.1, 0.15) is 18.4 Å². The number of methoxy groups -OCH3 is 1. The van der Waals surface area contributed by atoms with Crippen LogP contribution in [-0.4, -0.2) is 32.4 Å². The lowest BCUT2D eigenvalue weighted by Crippen LogP contribution is -2.42. The number of aryl methyl sites for hydroxylation is 1. The first-order valence-corrected chi connectivity index (χ1v) is 7.39. The van der Waals surface area contributed by atoms with E-state index in [4.69, 9.17) is 9.47 Å². The van der Waals surface area contributed by atoms with Crippen molar-refractivity contribution < 1.29 is 14.3 Å². The number of hydrogen-bond donors (Lipinski definition) is 2. The highest BCUT2D eigenvalue weighted by atomic mass is 79.9. The maximum atomic E-state index is 12.0. The molecule has 1 saturated heterocycles. The molecule has 0 radical (unpaired) electrons. The van der Waals surface area contributed by atoms with E-state index in [1.807, 2.05) is 19.1 Å². The van der Waals surface area contributed by atoms with E-state index in [-0.39, 0.29) is 12.1 Å². The Balaban J connectivity index is 2.03. The van der Waals surface area contributed by atoms with Gasteiger partial charge in [-0.15, -0.1) is 0 Å². The Hall–Kier alpha value is -1.27. The number of nitrogens with one attached hydrogen (secondary N) is 2. The summed E-state index contributed by atoms with van der Waals surface area (Å²) >= 11 is 3.41. The third-order valence-corrected chi connectivity index (χ3v) is 3.68. The molecule has 2 amide bonds. The molecule has 0 aromatic heterocycles. The number of hydrogen-bond acceptors (Lipinski definition) is 3. The van der Waals surface area contributed by atoms with Crippen molar-refractivity contribution in [3.8, 4) is 5.75 Å². The van der Waals surface area contributed by atoms with Crippen LogP contribution in [0, 0.1) is 6.92 Å². The quantitative estimate of drug-likeness (QED) is 0.887. The molecule has 2 rings (SSSR count). The van der Waals surface area contributed by atoms with Crippen LogP contribution in [0.5, 0.6) is 5.75 Å². The highest BCUT2D eigenvalue weighted by molar-refractivity contribution is 9.10. The van der Waals surface area contributed by atoms with E-state index in [0.29, 0.717) is 18.0 Å². The zero-order valence-corrected chi connectivity index (χ0v) is 13.2. The van der Waals surface area contributed by atoms with Crippen molar-refractivity contribution in [1.29, 1.82) is 0 Å². The number of rotatable bonds is 3. The van der Waals surface area contributed by atoms with Crippen LogP contribution in [0.25, 0.3) is 0 Å². The van der Waals surface area contributed by atoms with Crippen LogP contribution in [0.3, 0.4) is 0 Å². The standard InChI is InChI=1S/C14H19BrN2O3/c1-9-6-10(15)7-12(19-2)13(9)17-14(18)16-11-4-3-5-20-8-11/h6-7,11H,3-5,8H2,1-2H3,(H2,16,17,18)/t11-/m1/s1. The lowest BCUT2D eigenvalue weighted by molar-refractivity contribution is 0.0739. The maximum absolute atomic E-state index is 12.0. The summed E-state index contributed by atoms with van der Waals surface area (Å²) in [4.78, 5) is 12.0. The number of amides is 2. The molecule has 1 aromatic rings. The van der Waals surface area contributed by atoms with E-state index in [1.165, 1.54) is 0 Å². The Bertz CT molecular complexity index is 488. The summed E-state index contributed by atoms with van der Waals surface area (Å²) < 4.78 is 11.6. The monoisotopic (exact) mass is 342 g/mol. The largest absolute Gasteiger partial charge is 0.495 e. The molecule has 6 heteroatoms. The van der Waals surface area contributed by atoms with E-state index >= 15 is 0 Å². The van der Waals surface area contributed by atoms with Gasteiger partial charge < -0.3 is 20.1 Å². The summed E-state index contributed by atoms with van der Waals surface area (Å²) in [7, 11) is 1.58. The van der Waals surface area contributed by atoms with Crippen LogP contribution >= 0.6 is 15.9 Å². The summed E-state index contributed by atoms with van der Waals surface area (Å²) in [5, 5.41) is 5.77. The first kappa shape index (κ1) is 15.1. The molecule has 0 saturated carbocycles. The topological polar surface area (TPSA) is 59.6 Å². The smallest absolute Gasteiger partial charge is 0.319 e. The second-order valence-corrected chi connectivity index (χ2v) is 5.73. The Kier molecular flexibility index (Phi) is 5.25. The van der Waals surface area contributed by atoms with Gasteiger partial charge in [0, 0.05) is 11.1 Å². The molecule has 1 aliphatic rings. The van der Waals surface area contributed by atoms with Crippen molar-refractivity contribution in [2.45, 2.75) is 25.8 Å². The first-order valence-electron chi connectivity index (χ1n) is 6.59. The minimum Gasteiger partial charge on any atom is -0.495 e. The zero-order valence-electron chi connectivity index (χ0n) is 11.7. The predicted octanol–water partition coefficient (Wildman–Crippen LogP) is 3.07. The lowest BCUT2D eigenvalue weighted by Gasteiger charge is -2.23. The molecule has 110 valence electrons. The minimum absolute atomic E-state index is 0.0745. The van der Waals surface area contributed by atoms with E-state index in [2.05, 4.69) is 26.6 Å². The van der Waals surface area contributed by atoms with Gasteiger partial charge >= 0.3 is 6.03 Å². The van der Waals surface area contributed by atoms with Gasteiger partial charge in [0.15, 0.2) is 0 Å². The second-order valence-electron chi connectivity index (χ2n) is 4.81. The lowest BCUT2D eigenvalue weighted by atomic mass is 10.1. The molecule has 20 heavy (non-hydrogen) atoms. The third kappa shape index (κ3) is 3.86. The number of urea groups is 1. The Labute approximate surface area is 127 Å². The van der Waals surface area contributed by atoms with Gasteiger partial charge in [0.1, 0.15) is 5.75 Å². The molecule has 1 fully saturated rings. The van der Waals surface area contributed by atoms with Gasteiger partial charge in [-0.25, -0.2) is 4.79 Å². The predicted molar refractivity (Wildman–Crippen MR) is 81.4 cm³/mol.